The molecule has 5 nitrogen and oxygen atoms in total. The maximum atomic E-state index is 6.45. The third-order valence-electron chi connectivity index (χ3n) is 9.26. The average molecular weight is 613 g/mol. The Labute approximate surface area is 272 Å². The van der Waals surface area contributed by atoms with E-state index in [4.69, 9.17) is 14.2 Å². The standard InChI is InChI=1S/C41H44N2O3/c1-2-36-37-21-22-39(46-29-32-15-8-4-9-16-32)38-27-34(30-44-26-12-25-42-23-10-5-11-24-42)41(43(37)38)40(36)33-17-19-35(20-18-33)45-28-31-13-6-3-7-14-31/h3-4,6-9,13-22,27H,2,5,10-12,23-26,28-30H2,1H3. The number of nitrogens with zero attached hydrogens (tertiary/aromatic N) is 2. The van der Waals surface area contributed by atoms with Crippen LogP contribution >= 0.6 is 0 Å². The summed E-state index contributed by atoms with van der Waals surface area (Å²) in [5, 5.41) is 0. The van der Waals surface area contributed by atoms with Gasteiger partial charge >= 0.3 is 0 Å². The molecule has 0 amide bonds. The van der Waals surface area contributed by atoms with Gasteiger partial charge in [0.15, 0.2) is 0 Å². The van der Waals surface area contributed by atoms with Crippen molar-refractivity contribution in [1.29, 1.82) is 0 Å². The number of hydrogen-bond donors (Lipinski definition) is 0. The molecule has 3 aromatic heterocycles. The van der Waals surface area contributed by atoms with Crippen LogP contribution in [-0.4, -0.2) is 35.5 Å². The van der Waals surface area contributed by atoms with Crippen LogP contribution in [0, 0.1) is 0 Å². The number of aromatic nitrogens is 1. The van der Waals surface area contributed by atoms with Gasteiger partial charge < -0.3 is 23.5 Å². The molecule has 0 bridgehead atoms. The Morgan fingerprint density at radius 2 is 1.37 bits per heavy atom. The summed E-state index contributed by atoms with van der Waals surface area (Å²) in [4.78, 5) is 2.59. The topological polar surface area (TPSA) is 35.3 Å². The molecule has 0 radical (unpaired) electrons. The van der Waals surface area contributed by atoms with Gasteiger partial charge in [0.2, 0.25) is 0 Å². The molecule has 1 saturated heterocycles. The molecule has 1 aliphatic heterocycles. The third-order valence-corrected chi connectivity index (χ3v) is 9.26. The first-order valence-corrected chi connectivity index (χ1v) is 16.9. The van der Waals surface area contributed by atoms with Gasteiger partial charge in [-0.1, -0.05) is 86.1 Å². The third kappa shape index (κ3) is 6.62. The van der Waals surface area contributed by atoms with Crippen molar-refractivity contribution in [3.8, 4) is 22.6 Å². The Bertz CT molecular complexity index is 1820. The van der Waals surface area contributed by atoms with E-state index in [0.29, 0.717) is 19.8 Å². The Hall–Kier alpha value is -4.32. The number of benzene rings is 3. The van der Waals surface area contributed by atoms with Gasteiger partial charge in [0.25, 0.3) is 0 Å². The molecule has 3 aromatic carbocycles. The summed E-state index contributed by atoms with van der Waals surface area (Å²) in [6.07, 6.45) is 6.02. The van der Waals surface area contributed by atoms with Gasteiger partial charge in [-0.3, -0.25) is 0 Å². The van der Waals surface area contributed by atoms with E-state index in [2.05, 4.69) is 95.1 Å². The smallest absolute Gasteiger partial charge is 0.143 e. The summed E-state index contributed by atoms with van der Waals surface area (Å²) in [6, 6.07) is 35.9. The molecule has 6 aromatic rings. The van der Waals surface area contributed by atoms with E-state index in [-0.39, 0.29) is 0 Å². The molecule has 5 heteroatoms. The first-order valence-electron chi connectivity index (χ1n) is 16.9. The fourth-order valence-corrected chi connectivity index (χ4v) is 6.94. The zero-order chi connectivity index (χ0) is 31.1. The Morgan fingerprint density at radius 3 is 2.07 bits per heavy atom. The molecule has 1 aliphatic rings. The van der Waals surface area contributed by atoms with Crippen molar-refractivity contribution in [2.45, 2.75) is 58.8 Å². The van der Waals surface area contributed by atoms with Crippen LogP contribution in [0.4, 0.5) is 0 Å². The van der Waals surface area contributed by atoms with Crippen LogP contribution < -0.4 is 9.47 Å². The van der Waals surface area contributed by atoms with Crippen LogP contribution in [0.3, 0.4) is 0 Å². The molecule has 236 valence electrons. The molecule has 0 aliphatic carbocycles. The zero-order valence-electron chi connectivity index (χ0n) is 26.9. The van der Waals surface area contributed by atoms with Gasteiger partial charge in [-0.25, -0.2) is 0 Å². The molecule has 4 heterocycles. The number of aryl methyl sites for hydroxylation is 1. The number of pyridine rings is 1. The summed E-state index contributed by atoms with van der Waals surface area (Å²) in [5.41, 5.74) is 10.9. The lowest BCUT2D eigenvalue weighted by Gasteiger charge is -2.26. The average Bonchev–Trinajstić information content (AvgIpc) is 3.66. The van der Waals surface area contributed by atoms with Crippen LogP contribution in [0.1, 0.15) is 54.9 Å². The SMILES string of the molecule is CCc1c(-c2ccc(OCc3ccccc3)cc2)c2c(COCCCN3CCCCC3)cc3c(OCc4ccccc4)ccc1n32. The van der Waals surface area contributed by atoms with E-state index < -0.39 is 0 Å². The van der Waals surface area contributed by atoms with E-state index in [1.807, 2.05) is 24.3 Å². The number of rotatable bonds is 14. The largest absolute Gasteiger partial charge is 0.489 e. The fraction of sp³-hybridized carbons (Fsp3) is 0.317. The normalized spacial score (nSPS) is 13.9. The quantitative estimate of drug-likeness (QED) is 0.115. The first kappa shape index (κ1) is 30.3. The highest BCUT2D eigenvalue weighted by Gasteiger charge is 2.24. The van der Waals surface area contributed by atoms with Gasteiger partial charge in [0, 0.05) is 24.3 Å². The van der Waals surface area contributed by atoms with E-state index in [0.717, 1.165) is 54.1 Å². The fourth-order valence-electron chi connectivity index (χ4n) is 6.94. The van der Waals surface area contributed by atoms with Gasteiger partial charge in [-0.05, 0) is 91.4 Å². The van der Waals surface area contributed by atoms with Crippen LogP contribution in [0.5, 0.6) is 11.5 Å². The van der Waals surface area contributed by atoms with E-state index in [9.17, 15) is 0 Å². The monoisotopic (exact) mass is 612 g/mol. The van der Waals surface area contributed by atoms with E-state index in [1.54, 1.807) is 0 Å². The lowest BCUT2D eigenvalue weighted by Crippen LogP contribution is -2.31. The molecule has 7 rings (SSSR count). The number of hydrogen-bond acceptors (Lipinski definition) is 4. The molecule has 0 saturated carbocycles. The van der Waals surface area contributed by atoms with Gasteiger partial charge in [-0.15, -0.1) is 0 Å². The molecule has 1 fully saturated rings. The Balaban J connectivity index is 1.18. The van der Waals surface area contributed by atoms with Crippen molar-refractivity contribution in [3.63, 3.8) is 0 Å². The first-order chi connectivity index (χ1) is 22.8. The summed E-state index contributed by atoms with van der Waals surface area (Å²) in [5.74, 6) is 1.77. The van der Waals surface area contributed by atoms with Crippen molar-refractivity contribution in [1.82, 2.24) is 9.30 Å². The second-order valence-corrected chi connectivity index (χ2v) is 12.4. The predicted molar refractivity (Wildman–Crippen MR) is 187 cm³/mol. The summed E-state index contributed by atoms with van der Waals surface area (Å²) >= 11 is 0. The lowest BCUT2D eigenvalue weighted by molar-refractivity contribution is 0.106. The van der Waals surface area contributed by atoms with Gasteiger partial charge in [-0.2, -0.15) is 0 Å². The summed E-state index contributed by atoms with van der Waals surface area (Å²) in [6.45, 7) is 8.26. The van der Waals surface area contributed by atoms with Crippen LogP contribution in [0.25, 0.3) is 27.7 Å². The second-order valence-electron chi connectivity index (χ2n) is 12.4. The Morgan fingerprint density at radius 1 is 0.674 bits per heavy atom. The molecule has 0 atom stereocenters. The maximum absolute atomic E-state index is 6.45. The molecule has 0 spiro atoms. The van der Waals surface area contributed by atoms with Crippen LogP contribution in [-0.2, 0) is 31.0 Å². The number of likely N-dealkylation sites (tertiary alicyclic amines) is 1. The van der Waals surface area contributed by atoms with Crippen molar-refractivity contribution in [2.24, 2.45) is 0 Å². The minimum absolute atomic E-state index is 0.532. The van der Waals surface area contributed by atoms with Gasteiger partial charge in [0.05, 0.1) is 23.2 Å². The second kappa shape index (κ2) is 14.4. The highest BCUT2D eigenvalue weighted by atomic mass is 16.5. The molecular weight excluding hydrogens is 568 g/mol. The molecular formula is C41H44N2O3. The van der Waals surface area contributed by atoms with Gasteiger partial charge in [0.1, 0.15) is 24.7 Å². The van der Waals surface area contributed by atoms with E-state index >= 15 is 0 Å². The van der Waals surface area contributed by atoms with Crippen molar-refractivity contribution >= 4 is 16.6 Å². The summed E-state index contributed by atoms with van der Waals surface area (Å²) < 4.78 is 21.4. The zero-order valence-corrected chi connectivity index (χ0v) is 26.9. The van der Waals surface area contributed by atoms with Crippen molar-refractivity contribution in [3.05, 3.63) is 125 Å². The molecule has 0 N–H and O–H groups in total. The summed E-state index contributed by atoms with van der Waals surface area (Å²) in [7, 11) is 0. The van der Waals surface area contributed by atoms with Crippen LogP contribution in [0.2, 0.25) is 0 Å². The van der Waals surface area contributed by atoms with E-state index in [1.165, 1.54) is 65.6 Å². The van der Waals surface area contributed by atoms with Crippen LogP contribution in [0.15, 0.2) is 103 Å². The minimum Gasteiger partial charge on any atom is -0.489 e. The highest BCUT2D eigenvalue weighted by molar-refractivity contribution is 5.98. The minimum atomic E-state index is 0.532. The molecule has 0 unspecified atom stereocenters. The Kier molecular flexibility index (Phi) is 9.50. The molecule has 46 heavy (non-hydrogen) atoms. The maximum Gasteiger partial charge on any atom is 0.143 e. The van der Waals surface area contributed by atoms with Crippen molar-refractivity contribution in [2.75, 3.05) is 26.2 Å². The van der Waals surface area contributed by atoms with Crippen molar-refractivity contribution < 1.29 is 14.2 Å². The number of ether oxygens (including phenoxy) is 3. The predicted octanol–water partition coefficient (Wildman–Crippen LogP) is 9.31. The lowest BCUT2D eigenvalue weighted by atomic mass is 9.98. The number of piperidine rings is 1. The highest BCUT2D eigenvalue weighted by Crippen LogP contribution is 2.42.